The first-order valence-electron chi connectivity index (χ1n) is 5.30. The highest BCUT2D eigenvalue weighted by Gasteiger charge is 1.90. The lowest BCUT2D eigenvalue weighted by molar-refractivity contribution is -0.325. The number of aryl methyl sites for hydroxylation is 1. The monoisotopic (exact) mass is 195 g/mol. The van der Waals surface area contributed by atoms with Crippen molar-refractivity contribution < 1.29 is 5.73 Å². The van der Waals surface area contributed by atoms with Gasteiger partial charge in [-0.2, -0.15) is 0 Å². The van der Waals surface area contributed by atoms with Crippen LogP contribution in [0.2, 0.25) is 0 Å². The zero-order chi connectivity index (χ0) is 10.8. The van der Waals surface area contributed by atoms with E-state index in [4.69, 9.17) is 0 Å². The fourth-order valence-corrected chi connectivity index (χ4v) is 1.23. The van der Waals surface area contributed by atoms with Gasteiger partial charge in [0, 0.05) is 6.54 Å². The van der Waals surface area contributed by atoms with Crippen LogP contribution < -0.4 is 11.1 Å². The van der Waals surface area contributed by atoms with Gasteiger partial charge in [-0.3, -0.25) is 0 Å². The van der Waals surface area contributed by atoms with Gasteiger partial charge < -0.3 is 11.1 Å². The summed E-state index contributed by atoms with van der Waals surface area (Å²) in [5.41, 5.74) is 5.97. The van der Waals surface area contributed by atoms with Crippen molar-refractivity contribution in [2.45, 2.75) is 26.8 Å². The first-order chi connectivity index (χ1) is 6.83. The van der Waals surface area contributed by atoms with Gasteiger partial charge in [0.25, 0.3) is 0 Å². The van der Waals surface area contributed by atoms with E-state index in [-0.39, 0.29) is 0 Å². The molecule has 4 N–H and O–H groups in total. The highest BCUT2D eigenvalue weighted by molar-refractivity contribution is 5.21. The number of nitrogens with one attached hydrogen (secondary N) is 1. The molecule has 0 saturated heterocycles. The third kappa shape index (κ3) is 5.73. The maximum absolute atomic E-state index is 3.38. The van der Waals surface area contributed by atoms with Gasteiger partial charge in [0.1, 0.15) is 0 Å². The second-order valence-electron chi connectivity index (χ2n) is 3.17. The Morgan fingerprint density at radius 1 is 1.29 bits per heavy atom. The van der Waals surface area contributed by atoms with Crippen molar-refractivity contribution in [3.63, 3.8) is 0 Å². The summed E-state index contributed by atoms with van der Waals surface area (Å²) >= 11 is 0. The van der Waals surface area contributed by atoms with Crippen molar-refractivity contribution in [1.82, 2.24) is 5.32 Å². The van der Waals surface area contributed by atoms with E-state index in [2.05, 4.69) is 49.2 Å². The Kier molecular flexibility index (Phi) is 8.19. The first kappa shape index (κ1) is 13.1. The molecule has 0 bridgehead atoms. The largest absolute Gasteiger partial charge is 0.360 e. The fraction of sp³-hybridized carbons (Fsp3) is 0.500. The van der Waals surface area contributed by atoms with E-state index < -0.39 is 0 Å². The molecule has 0 radical (unpaired) electrons. The van der Waals surface area contributed by atoms with Gasteiger partial charge in [0.05, 0.1) is 7.05 Å². The van der Waals surface area contributed by atoms with Crippen LogP contribution in [0.4, 0.5) is 0 Å². The van der Waals surface area contributed by atoms with Gasteiger partial charge >= 0.3 is 0 Å². The summed E-state index contributed by atoms with van der Waals surface area (Å²) in [6.45, 7) is 6.41. The Morgan fingerprint density at radius 2 is 2.00 bits per heavy atom. The molecule has 0 atom stereocenters. The molecule has 80 valence electrons. The predicted molar refractivity (Wildman–Crippen MR) is 62.0 cm³/mol. The smallest absolute Gasteiger partial charge is 0.0634 e. The molecule has 0 heterocycles. The molecule has 0 amide bonds. The number of hydrogen-bond acceptors (Lipinski definition) is 1. The van der Waals surface area contributed by atoms with Crippen molar-refractivity contribution in [3.05, 3.63) is 35.4 Å². The molecule has 14 heavy (non-hydrogen) atoms. The Bertz CT molecular complexity index is 234. The zero-order valence-electron chi connectivity index (χ0n) is 9.64. The van der Waals surface area contributed by atoms with Crippen molar-refractivity contribution in [2.75, 3.05) is 13.6 Å². The molecular weight excluding hydrogens is 172 g/mol. The predicted octanol–water partition coefficient (Wildman–Crippen LogP) is 1.35. The highest BCUT2D eigenvalue weighted by Crippen LogP contribution is 2.02. The molecular formula is C12H23N2+. The third-order valence-corrected chi connectivity index (χ3v) is 1.84. The molecule has 0 aliphatic heterocycles. The second-order valence-corrected chi connectivity index (χ2v) is 3.17. The minimum Gasteiger partial charge on any atom is -0.360 e. The van der Waals surface area contributed by atoms with Crippen LogP contribution in [0.3, 0.4) is 0 Å². The molecule has 0 spiro atoms. The molecule has 0 aliphatic rings. The van der Waals surface area contributed by atoms with Crippen LogP contribution in [0.5, 0.6) is 0 Å². The van der Waals surface area contributed by atoms with Gasteiger partial charge in [-0.05, 0) is 25.5 Å². The van der Waals surface area contributed by atoms with Crippen LogP contribution in [-0.2, 0) is 6.54 Å². The maximum Gasteiger partial charge on any atom is 0.0634 e. The number of quaternary nitrogens is 1. The van der Waals surface area contributed by atoms with Gasteiger partial charge in [-0.1, -0.05) is 36.8 Å². The van der Waals surface area contributed by atoms with E-state index in [9.17, 15) is 0 Å². The van der Waals surface area contributed by atoms with Gasteiger partial charge in [-0.15, -0.1) is 0 Å². The fourth-order valence-electron chi connectivity index (χ4n) is 1.23. The van der Waals surface area contributed by atoms with E-state index >= 15 is 0 Å². The average Bonchev–Trinajstić information content (AvgIpc) is 2.21. The van der Waals surface area contributed by atoms with Crippen molar-refractivity contribution >= 4 is 0 Å². The van der Waals surface area contributed by atoms with Crippen LogP contribution >= 0.6 is 0 Å². The Labute approximate surface area is 87.5 Å². The Morgan fingerprint density at radius 3 is 2.57 bits per heavy atom. The molecule has 0 aromatic heterocycles. The minimum absolute atomic E-state index is 0.996. The molecule has 1 aromatic rings. The number of hydrogen-bond donors (Lipinski definition) is 2. The topological polar surface area (TPSA) is 39.7 Å². The maximum atomic E-state index is 3.38. The SMILES string of the molecule is CCCNCc1cccc(C)c1.C[NH3+]. The van der Waals surface area contributed by atoms with Gasteiger partial charge in [0.2, 0.25) is 0 Å². The van der Waals surface area contributed by atoms with Crippen LogP contribution in [0.25, 0.3) is 0 Å². The van der Waals surface area contributed by atoms with Crippen LogP contribution in [-0.4, -0.2) is 13.6 Å². The molecule has 0 saturated carbocycles. The summed E-state index contributed by atoms with van der Waals surface area (Å²) < 4.78 is 0. The number of benzene rings is 1. The van der Waals surface area contributed by atoms with E-state index in [0.717, 1.165) is 13.1 Å². The van der Waals surface area contributed by atoms with Crippen molar-refractivity contribution in [2.24, 2.45) is 0 Å². The molecule has 0 aliphatic carbocycles. The normalized spacial score (nSPS) is 9.14. The van der Waals surface area contributed by atoms with E-state index in [1.807, 2.05) is 0 Å². The van der Waals surface area contributed by atoms with Crippen molar-refractivity contribution in [1.29, 1.82) is 0 Å². The summed E-state index contributed by atoms with van der Waals surface area (Å²) in [7, 11) is 1.75. The van der Waals surface area contributed by atoms with Crippen molar-refractivity contribution in [3.8, 4) is 0 Å². The highest BCUT2D eigenvalue weighted by atomic mass is 14.8. The number of rotatable bonds is 4. The second kappa shape index (κ2) is 8.73. The lowest BCUT2D eigenvalue weighted by atomic mass is 10.1. The van der Waals surface area contributed by atoms with Gasteiger partial charge in [-0.25, -0.2) is 0 Å². The molecule has 0 fully saturated rings. The van der Waals surface area contributed by atoms with Crippen LogP contribution in [0, 0.1) is 6.92 Å². The van der Waals surface area contributed by atoms with E-state index in [1.165, 1.54) is 17.5 Å². The standard InChI is InChI=1S/C11H17N.CH5N/c1-3-7-12-9-11-6-4-5-10(2)8-11;1-2/h4-6,8,12H,3,7,9H2,1-2H3;2H2,1H3/p+1. The lowest BCUT2D eigenvalue weighted by Crippen LogP contribution is -2.40. The molecule has 1 rings (SSSR count). The van der Waals surface area contributed by atoms with Gasteiger partial charge in [0.15, 0.2) is 0 Å². The average molecular weight is 195 g/mol. The molecule has 1 aromatic carbocycles. The molecule has 2 nitrogen and oxygen atoms in total. The van der Waals surface area contributed by atoms with E-state index in [0.29, 0.717) is 0 Å². The third-order valence-electron chi connectivity index (χ3n) is 1.84. The summed E-state index contributed by atoms with van der Waals surface area (Å²) in [6.07, 6.45) is 1.20. The first-order valence-corrected chi connectivity index (χ1v) is 5.30. The Hall–Kier alpha value is -0.860. The summed E-state index contributed by atoms with van der Waals surface area (Å²) in [5, 5.41) is 3.38. The molecule has 0 unspecified atom stereocenters. The lowest BCUT2D eigenvalue weighted by Gasteiger charge is -2.03. The quantitative estimate of drug-likeness (QED) is 0.700. The summed E-state index contributed by atoms with van der Waals surface area (Å²) in [6, 6.07) is 8.62. The van der Waals surface area contributed by atoms with E-state index in [1.54, 1.807) is 7.05 Å². The van der Waals surface area contributed by atoms with Crippen LogP contribution in [0.15, 0.2) is 24.3 Å². The summed E-state index contributed by atoms with van der Waals surface area (Å²) in [5.74, 6) is 0. The Balaban J connectivity index is 0.000000791. The molecule has 2 heteroatoms. The minimum atomic E-state index is 0.996. The zero-order valence-corrected chi connectivity index (χ0v) is 9.64. The van der Waals surface area contributed by atoms with Crippen LogP contribution in [0.1, 0.15) is 24.5 Å². The summed E-state index contributed by atoms with van der Waals surface area (Å²) in [4.78, 5) is 0.